The Kier molecular flexibility index (Phi) is 4.85. The SMILES string of the molecule is COCCc1ccc(Oc2cc(C(C)=O)ccn2)cc1. The van der Waals surface area contributed by atoms with Gasteiger partial charge in [0.15, 0.2) is 5.78 Å². The molecule has 1 aromatic carbocycles. The van der Waals surface area contributed by atoms with Crippen molar-refractivity contribution < 1.29 is 14.3 Å². The van der Waals surface area contributed by atoms with E-state index < -0.39 is 0 Å². The molecule has 0 fully saturated rings. The molecule has 1 heterocycles. The van der Waals surface area contributed by atoms with Gasteiger partial charge in [-0.05, 0) is 37.1 Å². The number of methoxy groups -OCH3 is 1. The van der Waals surface area contributed by atoms with Crippen LogP contribution in [0.3, 0.4) is 0 Å². The zero-order valence-electron chi connectivity index (χ0n) is 11.6. The Bertz CT molecular complexity index is 579. The topological polar surface area (TPSA) is 48.4 Å². The largest absolute Gasteiger partial charge is 0.439 e. The fraction of sp³-hybridized carbons (Fsp3) is 0.250. The van der Waals surface area contributed by atoms with Crippen molar-refractivity contribution in [3.63, 3.8) is 0 Å². The summed E-state index contributed by atoms with van der Waals surface area (Å²) in [4.78, 5) is 15.4. The van der Waals surface area contributed by atoms with Crippen molar-refractivity contribution in [1.29, 1.82) is 0 Å². The molecular weight excluding hydrogens is 254 g/mol. The van der Waals surface area contributed by atoms with Crippen molar-refractivity contribution in [3.05, 3.63) is 53.7 Å². The molecule has 0 saturated carbocycles. The zero-order chi connectivity index (χ0) is 14.4. The van der Waals surface area contributed by atoms with Gasteiger partial charge in [-0.3, -0.25) is 4.79 Å². The highest BCUT2D eigenvalue weighted by Gasteiger charge is 2.04. The molecule has 2 rings (SSSR count). The van der Waals surface area contributed by atoms with Crippen LogP contribution in [0, 0.1) is 0 Å². The number of rotatable bonds is 6. The Morgan fingerprint density at radius 2 is 1.95 bits per heavy atom. The molecule has 0 spiro atoms. The van der Waals surface area contributed by atoms with Crippen molar-refractivity contribution in [2.24, 2.45) is 0 Å². The number of nitrogens with zero attached hydrogens (tertiary/aromatic N) is 1. The third-order valence-electron chi connectivity index (χ3n) is 2.88. The summed E-state index contributed by atoms with van der Waals surface area (Å²) in [6, 6.07) is 11.1. The predicted molar refractivity (Wildman–Crippen MR) is 76.3 cm³/mol. The quantitative estimate of drug-likeness (QED) is 0.757. The van der Waals surface area contributed by atoms with Gasteiger partial charge in [-0.2, -0.15) is 0 Å². The molecule has 0 saturated heterocycles. The molecule has 0 aliphatic carbocycles. The smallest absolute Gasteiger partial charge is 0.219 e. The fourth-order valence-electron chi connectivity index (χ4n) is 1.75. The average Bonchev–Trinajstić information content (AvgIpc) is 2.47. The van der Waals surface area contributed by atoms with Crippen LogP contribution < -0.4 is 4.74 Å². The summed E-state index contributed by atoms with van der Waals surface area (Å²) in [5.74, 6) is 1.11. The number of ether oxygens (including phenoxy) is 2. The van der Waals surface area contributed by atoms with Crippen LogP contribution in [0.4, 0.5) is 0 Å². The first-order valence-electron chi connectivity index (χ1n) is 6.42. The molecule has 0 atom stereocenters. The minimum atomic E-state index is -0.00726. The van der Waals surface area contributed by atoms with E-state index in [9.17, 15) is 4.79 Å². The number of hydrogen-bond acceptors (Lipinski definition) is 4. The van der Waals surface area contributed by atoms with Crippen LogP contribution in [-0.4, -0.2) is 24.5 Å². The maximum absolute atomic E-state index is 11.3. The lowest BCUT2D eigenvalue weighted by Gasteiger charge is -2.06. The maximum atomic E-state index is 11.3. The van der Waals surface area contributed by atoms with Gasteiger partial charge >= 0.3 is 0 Å². The molecule has 0 aliphatic heterocycles. The van der Waals surface area contributed by atoms with Gasteiger partial charge in [0.25, 0.3) is 0 Å². The van der Waals surface area contributed by atoms with Crippen LogP contribution in [0.1, 0.15) is 22.8 Å². The summed E-state index contributed by atoms with van der Waals surface area (Å²) in [6.07, 6.45) is 2.44. The van der Waals surface area contributed by atoms with E-state index in [1.54, 1.807) is 25.4 Å². The molecular formula is C16H17NO3. The van der Waals surface area contributed by atoms with E-state index in [4.69, 9.17) is 9.47 Å². The number of aromatic nitrogens is 1. The molecule has 0 unspecified atom stereocenters. The Morgan fingerprint density at radius 3 is 2.60 bits per heavy atom. The van der Waals surface area contributed by atoms with E-state index in [-0.39, 0.29) is 5.78 Å². The molecule has 1 aromatic heterocycles. The lowest BCUT2D eigenvalue weighted by atomic mass is 10.1. The van der Waals surface area contributed by atoms with E-state index in [1.165, 1.54) is 12.5 Å². The highest BCUT2D eigenvalue weighted by molar-refractivity contribution is 5.94. The highest BCUT2D eigenvalue weighted by Crippen LogP contribution is 2.20. The standard InChI is InChI=1S/C16H17NO3/c1-12(18)14-7-9-17-16(11-14)20-15-5-3-13(4-6-15)8-10-19-2/h3-7,9,11H,8,10H2,1-2H3. The normalized spacial score (nSPS) is 10.3. The number of carbonyl (C=O) groups excluding carboxylic acids is 1. The predicted octanol–water partition coefficient (Wildman–Crippen LogP) is 3.27. The Hall–Kier alpha value is -2.20. The van der Waals surface area contributed by atoms with E-state index >= 15 is 0 Å². The van der Waals surface area contributed by atoms with Crippen molar-refractivity contribution in [2.75, 3.05) is 13.7 Å². The Labute approximate surface area is 118 Å². The average molecular weight is 271 g/mol. The molecule has 20 heavy (non-hydrogen) atoms. The van der Waals surface area contributed by atoms with Crippen LogP contribution in [0.25, 0.3) is 0 Å². The molecule has 0 radical (unpaired) electrons. The number of Topliss-reactive ketones (excluding diaryl/α,β-unsaturated/α-hetero) is 1. The number of hydrogen-bond donors (Lipinski definition) is 0. The van der Waals surface area contributed by atoms with Crippen LogP contribution in [-0.2, 0) is 11.2 Å². The number of benzene rings is 1. The minimum Gasteiger partial charge on any atom is -0.439 e. The van der Waals surface area contributed by atoms with Crippen molar-refractivity contribution in [1.82, 2.24) is 4.98 Å². The molecule has 4 nitrogen and oxygen atoms in total. The summed E-state index contributed by atoms with van der Waals surface area (Å²) in [6.45, 7) is 2.21. The fourth-order valence-corrected chi connectivity index (χ4v) is 1.75. The molecule has 0 N–H and O–H groups in total. The number of carbonyl (C=O) groups is 1. The van der Waals surface area contributed by atoms with Crippen molar-refractivity contribution in [2.45, 2.75) is 13.3 Å². The second-order valence-corrected chi connectivity index (χ2v) is 4.43. The number of pyridine rings is 1. The lowest BCUT2D eigenvalue weighted by Crippen LogP contribution is -1.96. The first-order chi connectivity index (χ1) is 9.69. The third kappa shape index (κ3) is 3.90. The van der Waals surface area contributed by atoms with Crippen LogP contribution in [0.15, 0.2) is 42.6 Å². The monoisotopic (exact) mass is 271 g/mol. The van der Waals surface area contributed by atoms with Crippen LogP contribution in [0.5, 0.6) is 11.6 Å². The van der Waals surface area contributed by atoms with Crippen molar-refractivity contribution in [3.8, 4) is 11.6 Å². The summed E-state index contributed by atoms with van der Waals surface area (Å²) >= 11 is 0. The van der Waals surface area contributed by atoms with E-state index in [0.717, 1.165) is 6.42 Å². The highest BCUT2D eigenvalue weighted by atomic mass is 16.5. The molecule has 2 aromatic rings. The lowest BCUT2D eigenvalue weighted by molar-refractivity contribution is 0.101. The minimum absolute atomic E-state index is 0.00726. The molecule has 0 bridgehead atoms. The first kappa shape index (κ1) is 14.2. The van der Waals surface area contributed by atoms with Crippen LogP contribution in [0.2, 0.25) is 0 Å². The van der Waals surface area contributed by atoms with Gasteiger partial charge in [0.2, 0.25) is 5.88 Å². The molecule has 0 aliphatic rings. The van der Waals surface area contributed by atoms with Crippen molar-refractivity contribution >= 4 is 5.78 Å². The Morgan fingerprint density at radius 1 is 1.20 bits per heavy atom. The van der Waals surface area contributed by atoms with Gasteiger partial charge in [0, 0.05) is 24.9 Å². The summed E-state index contributed by atoms with van der Waals surface area (Å²) in [5, 5.41) is 0. The van der Waals surface area contributed by atoms with E-state index in [2.05, 4.69) is 4.98 Å². The Balaban J connectivity index is 2.06. The zero-order valence-corrected chi connectivity index (χ0v) is 11.6. The van der Waals surface area contributed by atoms with Gasteiger partial charge < -0.3 is 9.47 Å². The second-order valence-electron chi connectivity index (χ2n) is 4.43. The van der Waals surface area contributed by atoms with Gasteiger partial charge in [0.1, 0.15) is 5.75 Å². The molecule has 0 amide bonds. The second kappa shape index (κ2) is 6.82. The van der Waals surface area contributed by atoms with Gasteiger partial charge in [-0.25, -0.2) is 4.98 Å². The van der Waals surface area contributed by atoms with Gasteiger partial charge in [-0.15, -0.1) is 0 Å². The van der Waals surface area contributed by atoms with Gasteiger partial charge in [0.05, 0.1) is 6.61 Å². The van der Waals surface area contributed by atoms with E-state index in [0.29, 0.717) is 23.8 Å². The summed E-state index contributed by atoms with van der Waals surface area (Å²) in [5.41, 5.74) is 1.77. The molecule has 104 valence electrons. The van der Waals surface area contributed by atoms with Gasteiger partial charge in [-0.1, -0.05) is 12.1 Å². The number of ketones is 1. The maximum Gasteiger partial charge on any atom is 0.219 e. The first-order valence-corrected chi connectivity index (χ1v) is 6.42. The van der Waals surface area contributed by atoms with Crippen LogP contribution >= 0.6 is 0 Å². The summed E-state index contributed by atoms with van der Waals surface area (Å²) in [7, 11) is 1.69. The molecule has 4 heteroatoms. The summed E-state index contributed by atoms with van der Waals surface area (Å²) < 4.78 is 10.7. The third-order valence-corrected chi connectivity index (χ3v) is 2.88. The van der Waals surface area contributed by atoms with E-state index in [1.807, 2.05) is 24.3 Å².